The first-order valence-corrected chi connectivity index (χ1v) is 18.5. The average Bonchev–Trinajstić information content (AvgIpc) is 3.83. The van der Waals surface area contributed by atoms with Crippen LogP contribution >= 0.6 is 0 Å². The maximum absolute atomic E-state index is 10.8. The van der Waals surface area contributed by atoms with Crippen LogP contribution in [0.2, 0.25) is 0 Å². The Morgan fingerprint density at radius 3 is 1.75 bits per heavy atom. The number of hydrogen-bond acceptors (Lipinski definition) is 4. The van der Waals surface area contributed by atoms with Crippen molar-refractivity contribution < 1.29 is 0 Å². The van der Waals surface area contributed by atoms with Crippen molar-refractivity contribution in [2.45, 2.75) is 19.3 Å². The fourth-order valence-electron chi connectivity index (χ4n) is 8.83. The fraction of sp³-hybridized carbons (Fsp3) is 0.0612. The molecule has 1 aliphatic carbocycles. The molecule has 0 amide bonds. The normalized spacial score (nSPS) is 13.0. The first-order valence-electron chi connectivity index (χ1n) is 18.5. The van der Waals surface area contributed by atoms with Crippen LogP contribution in [-0.4, -0.2) is 24.1 Å². The molecule has 55 heavy (non-hydrogen) atoms. The molecule has 0 saturated carbocycles. The number of nitriles is 1. The minimum atomic E-state index is -0.121. The zero-order valence-corrected chi connectivity index (χ0v) is 30.2. The number of aromatic nitrogens is 5. The average molecular weight is 705 g/mol. The minimum Gasteiger partial charge on any atom is -0.308 e. The highest BCUT2D eigenvalue weighted by molar-refractivity contribution is 6.12. The van der Waals surface area contributed by atoms with Crippen molar-refractivity contribution in [1.29, 1.82) is 5.26 Å². The van der Waals surface area contributed by atoms with Gasteiger partial charge in [0.15, 0.2) is 11.6 Å². The van der Waals surface area contributed by atoms with Crippen molar-refractivity contribution in [3.05, 3.63) is 174 Å². The Morgan fingerprint density at radius 2 is 1.05 bits per heavy atom. The van der Waals surface area contributed by atoms with Gasteiger partial charge in [-0.2, -0.15) is 15.2 Å². The largest absolute Gasteiger partial charge is 0.308 e. The predicted molar refractivity (Wildman–Crippen MR) is 222 cm³/mol. The zero-order chi connectivity index (χ0) is 36.8. The highest BCUT2D eigenvalue weighted by Crippen LogP contribution is 2.51. The van der Waals surface area contributed by atoms with E-state index >= 15 is 0 Å². The van der Waals surface area contributed by atoms with Crippen molar-refractivity contribution in [2.24, 2.45) is 0 Å². The summed E-state index contributed by atoms with van der Waals surface area (Å²) in [4.78, 5) is 15.2. The number of para-hydroxylation sites is 3. The van der Waals surface area contributed by atoms with Crippen molar-refractivity contribution >= 4 is 43.6 Å². The van der Waals surface area contributed by atoms with E-state index in [0.29, 0.717) is 23.2 Å². The van der Waals surface area contributed by atoms with Crippen LogP contribution in [0.25, 0.3) is 89.2 Å². The van der Waals surface area contributed by atoms with E-state index in [9.17, 15) is 5.26 Å². The van der Waals surface area contributed by atoms with Crippen LogP contribution in [-0.2, 0) is 5.41 Å². The second-order valence-corrected chi connectivity index (χ2v) is 14.8. The van der Waals surface area contributed by atoms with Crippen molar-refractivity contribution in [3.63, 3.8) is 0 Å². The second-order valence-electron chi connectivity index (χ2n) is 14.8. The molecular weight excluding hydrogens is 673 g/mol. The molecule has 0 radical (unpaired) electrons. The van der Waals surface area contributed by atoms with E-state index in [4.69, 9.17) is 15.0 Å². The third-order valence-electron chi connectivity index (χ3n) is 11.4. The fourth-order valence-corrected chi connectivity index (χ4v) is 8.83. The lowest BCUT2D eigenvalue weighted by Gasteiger charge is -2.21. The maximum atomic E-state index is 10.8. The molecule has 258 valence electrons. The molecule has 0 N–H and O–H groups in total. The summed E-state index contributed by atoms with van der Waals surface area (Å²) >= 11 is 0. The molecule has 0 unspecified atom stereocenters. The van der Waals surface area contributed by atoms with Gasteiger partial charge in [-0.25, -0.2) is 4.98 Å². The molecule has 10 aromatic rings. The van der Waals surface area contributed by atoms with E-state index in [1.54, 1.807) is 0 Å². The van der Waals surface area contributed by atoms with E-state index in [-0.39, 0.29) is 5.41 Å². The molecule has 11 rings (SSSR count). The van der Waals surface area contributed by atoms with E-state index in [0.717, 1.165) is 55.0 Å². The molecule has 7 aromatic carbocycles. The van der Waals surface area contributed by atoms with Gasteiger partial charge in [-0.05, 0) is 70.8 Å². The minimum absolute atomic E-state index is 0.121. The van der Waals surface area contributed by atoms with Gasteiger partial charge in [0, 0.05) is 38.1 Å². The Kier molecular flexibility index (Phi) is 6.56. The van der Waals surface area contributed by atoms with Crippen LogP contribution in [0.4, 0.5) is 0 Å². The maximum Gasteiger partial charge on any atom is 0.238 e. The Morgan fingerprint density at radius 1 is 0.473 bits per heavy atom. The standard InChI is InChI=1S/C49H32N6/c1-49(2)39-20-10-6-16-33(39)37-28-45-38(27-40(37)49)36-19-9-11-21-42(36)54(45)41-25-24-31(26-32(41)29-50)47-51-46(30-14-4-3-5-15-30)52-48(53-47)55-43-22-12-7-17-34(43)35-18-8-13-23-44(35)55/h3-28H,1-2H3. The lowest BCUT2D eigenvalue weighted by atomic mass is 9.82. The van der Waals surface area contributed by atoms with Crippen molar-refractivity contribution in [2.75, 3.05) is 0 Å². The van der Waals surface area contributed by atoms with Crippen LogP contribution in [0.1, 0.15) is 30.5 Å². The Labute approximate surface area is 317 Å². The van der Waals surface area contributed by atoms with E-state index in [1.807, 2.05) is 60.7 Å². The summed E-state index contributed by atoms with van der Waals surface area (Å²) < 4.78 is 4.35. The molecule has 1 aliphatic rings. The van der Waals surface area contributed by atoms with Crippen molar-refractivity contribution in [1.82, 2.24) is 24.1 Å². The summed E-state index contributed by atoms with van der Waals surface area (Å²) in [6.45, 7) is 4.62. The monoisotopic (exact) mass is 704 g/mol. The third-order valence-corrected chi connectivity index (χ3v) is 11.4. The van der Waals surface area contributed by atoms with Gasteiger partial charge in [-0.3, -0.25) is 4.57 Å². The molecule has 3 aromatic heterocycles. The van der Waals surface area contributed by atoms with Crippen LogP contribution < -0.4 is 0 Å². The quantitative estimate of drug-likeness (QED) is 0.183. The summed E-state index contributed by atoms with van der Waals surface area (Å²) in [5.74, 6) is 1.57. The first-order chi connectivity index (χ1) is 27.0. The number of hydrogen-bond donors (Lipinski definition) is 0. The number of benzene rings is 7. The van der Waals surface area contributed by atoms with Gasteiger partial charge >= 0.3 is 0 Å². The molecule has 0 aliphatic heterocycles. The molecule has 0 fully saturated rings. The molecule has 0 spiro atoms. The highest BCUT2D eigenvalue weighted by atomic mass is 15.2. The lowest BCUT2D eigenvalue weighted by molar-refractivity contribution is 0.661. The Hall–Kier alpha value is -7.36. The van der Waals surface area contributed by atoms with Crippen LogP contribution in [0.3, 0.4) is 0 Å². The smallest absolute Gasteiger partial charge is 0.238 e. The van der Waals surface area contributed by atoms with E-state index in [2.05, 4.69) is 126 Å². The highest BCUT2D eigenvalue weighted by Gasteiger charge is 2.36. The summed E-state index contributed by atoms with van der Waals surface area (Å²) in [7, 11) is 0. The van der Waals surface area contributed by atoms with Gasteiger partial charge in [-0.15, -0.1) is 0 Å². The molecule has 0 saturated heterocycles. The van der Waals surface area contributed by atoms with E-state index < -0.39 is 0 Å². The van der Waals surface area contributed by atoms with Crippen molar-refractivity contribution in [3.8, 4) is 51.6 Å². The van der Waals surface area contributed by atoms with Gasteiger partial charge in [-0.1, -0.05) is 123 Å². The summed E-state index contributed by atoms with van der Waals surface area (Å²) in [5.41, 5.74) is 12.1. The topological polar surface area (TPSA) is 72.3 Å². The zero-order valence-electron chi connectivity index (χ0n) is 30.2. The lowest BCUT2D eigenvalue weighted by Crippen LogP contribution is -2.14. The molecule has 3 heterocycles. The number of fused-ring (bicyclic) bond motifs is 9. The molecular formula is C49H32N6. The van der Waals surface area contributed by atoms with Gasteiger partial charge in [0.2, 0.25) is 5.95 Å². The van der Waals surface area contributed by atoms with E-state index in [1.165, 1.54) is 27.6 Å². The molecule has 0 atom stereocenters. The summed E-state index contributed by atoms with van der Waals surface area (Å²) in [6.07, 6.45) is 0. The number of nitrogens with zero attached hydrogens (tertiary/aromatic N) is 6. The third kappa shape index (κ3) is 4.50. The molecule has 6 heteroatoms. The SMILES string of the molecule is CC1(C)c2ccccc2-c2cc3c(cc21)c1ccccc1n3-c1ccc(-c2nc(-c3ccccc3)nc(-n3c4ccccc4c4ccccc43)n2)cc1C#N. The van der Waals surface area contributed by atoms with Crippen LogP contribution in [0, 0.1) is 11.3 Å². The summed E-state index contributed by atoms with van der Waals surface area (Å²) in [5, 5.41) is 15.4. The predicted octanol–water partition coefficient (Wildman–Crippen LogP) is 11.6. The summed E-state index contributed by atoms with van der Waals surface area (Å²) in [6, 6.07) is 57.1. The van der Waals surface area contributed by atoms with Gasteiger partial charge in [0.1, 0.15) is 6.07 Å². The van der Waals surface area contributed by atoms with Gasteiger partial charge in [0.05, 0.1) is 33.3 Å². The molecule has 6 nitrogen and oxygen atoms in total. The molecule has 0 bridgehead atoms. The second kappa shape index (κ2) is 11.6. The number of rotatable bonds is 4. The Balaban J connectivity index is 1.13. The van der Waals surface area contributed by atoms with Crippen LogP contribution in [0.15, 0.2) is 158 Å². The van der Waals surface area contributed by atoms with Gasteiger partial charge in [0.25, 0.3) is 0 Å². The Bertz CT molecular complexity index is 3200. The van der Waals surface area contributed by atoms with Crippen LogP contribution in [0.5, 0.6) is 0 Å². The van der Waals surface area contributed by atoms with Gasteiger partial charge < -0.3 is 4.57 Å². The first kappa shape index (κ1) is 31.2.